The monoisotopic (exact) mass is 555 g/mol. The van der Waals surface area contributed by atoms with Gasteiger partial charge in [-0.25, -0.2) is 19.9 Å². The van der Waals surface area contributed by atoms with Crippen molar-refractivity contribution in [1.29, 1.82) is 0 Å². The van der Waals surface area contributed by atoms with Gasteiger partial charge in [0.25, 0.3) is 0 Å². The summed E-state index contributed by atoms with van der Waals surface area (Å²) in [6.45, 7) is 4.13. The standard InChI is InChI=1S/C26H38N10O4/c1-39-12-11-31-13-19(35-28)18-5-3-17(4-6-18)7-10-29-8-2-9-30-14-20-22(37)23(38)26(40-20)36-16-34-21-24(27)32-15-33-25(21)36/h3-6,13,15-16,20,22-23,26,29-30,37-38H,2,7-12,14,28H2,1H3,(H2,27,32,33)/p+1/b31-13?,35-19+/t20-,22-,23-,26-/m1/s1. The Hall–Kier alpha value is -3.53. The largest absolute Gasteiger partial charge is 0.387 e. The van der Waals surface area contributed by atoms with Crippen molar-refractivity contribution in [3.8, 4) is 0 Å². The van der Waals surface area contributed by atoms with Gasteiger partial charge in [0.1, 0.15) is 36.8 Å². The molecule has 1 fully saturated rings. The summed E-state index contributed by atoms with van der Waals surface area (Å²) in [5.41, 5.74) is 9.56. The molecule has 0 unspecified atom stereocenters. The molecule has 2 aromatic heterocycles. The fourth-order valence-electron chi connectivity index (χ4n) is 4.49. The maximum Gasteiger partial charge on any atom is 0.190 e. The summed E-state index contributed by atoms with van der Waals surface area (Å²) in [7, 11) is 1.66. The summed E-state index contributed by atoms with van der Waals surface area (Å²) in [5.74, 6) is 5.78. The minimum Gasteiger partial charge on any atom is -0.387 e. The Balaban J connectivity index is 1.12. The fraction of sp³-hybridized carbons (Fsp3) is 0.500. The molecule has 1 aliphatic rings. The van der Waals surface area contributed by atoms with E-state index in [4.69, 9.17) is 21.1 Å². The summed E-state index contributed by atoms with van der Waals surface area (Å²) in [6.07, 6.45) is 2.84. The number of hydrazone groups is 1. The van der Waals surface area contributed by atoms with Crippen LogP contribution in [0.1, 0.15) is 23.8 Å². The van der Waals surface area contributed by atoms with Gasteiger partial charge in [0.15, 0.2) is 36.2 Å². The highest BCUT2D eigenvalue weighted by Crippen LogP contribution is 2.31. The molecule has 1 saturated heterocycles. The molecule has 1 aromatic carbocycles. The van der Waals surface area contributed by atoms with Gasteiger partial charge in [-0.3, -0.25) is 4.57 Å². The van der Waals surface area contributed by atoms with Crippen molar-refractivity contribution in [2.75, 3.05) is 52.2 Å². The molecule has 1 aliphatic heterocycles. The van der Waals surface area contributed by atoms with E-state index in [0.29, 0.717) is 36.6 Å². The molecule has 9 N–H and O–H groups in total. The lowest BCUT2D eigenvalue weighted by molar-refractivity contribution is -0.453. The number of nitrogens with one attached hydrogen (secondary N) is 3. The van der Waals surface area contributed by atoms with E-state index in [1.54, 1.807) is 17.9 Å². The summed E-state index contributed by atoms with van der Waals surface area (Å²) in [6, 6.07) is 8.18. The molecule has 0 radical (unpaired) electrons. The number of benzene rings is 1. The average Bonchev–Trinajstić information content (AvgIpc) is 3.52. The van der Waals surface area contributed by atoms with Crippen LogP contribution in [0.15, 0.2) is 42.0 Å². The lowest BCUT2D eigenvalue weighted by Crippen LogP contribution is -2.71. The first-order valence-electron chi connectivity index (χ1n) is 13.3. The number of imidazole rings is 1. The molecule has 0 saturated carbocycles. The molecule has 216 valence electrons. The molecule has 40 heavy (non-hydrogen) atoms. The third kappa shape index (κ3) is 7.35. The van der Waals surface area contributed by atoms with E-state index >= 15 is 0 Å². The van der Waals surface area contributed by atoms with Gasteiger partial charge in [-0.2, -0.15) is 5.10 Å². The van der Waals surface area contributed by atoms with E-state index in [1.165, 1.54) is 18.2 Å². The SMILES string of the molecule is COCC[NH+]=C/C(=N\N)c1ccc(CCNCCCNC[C@H]2O[C@@H](n3cnc4c(N)ncnc43)[C@H](O)[C@@H]2O)cc1. The molecule has 14 heteroatoms. The molecule has 0 spiro atoms. The zero-order valence-corrected chi connectivity index (χ0v) is 22.6. The maximum atomic E-state index is 10.6. The molecular formula is C26H39N10O4+. The van der Waals surface area contributed by atoms with Crippen molar-refractivity contribution >= 4 is 28.9 Å². The molecule has 14 nitrogen and oxygen atoms in total. The molecule has 3 aromatic rings. The van der Waals surface area contributed by atoms with Gasteiger partial charge >= 0.3 is 0 Å². The van der Waals surface area contributed by atoms with Crippen molar-refractivity contribution in [3.05, 3.63) is 48.0 Å². The van der Waals surface area contributed by atoms with Gasteiger partial charge in [-0.15, -0.1) is 0 Å². The number of aliphatic hydroxyl groups is 2. The highest BCUT2D eigenvalue weighted by atomic mass is 16.6. The number of fused-ring (bicyclic) bond motifs is 1. The Labute approximate surface area is 232 Å². The first-order chi connectivity index (χ1) is 19.5. The second-order valence-corrected chi connectivity index (χ2v) is 9.49. The molecule has 0 aliphatic carbocycles. The van der Waals surface area contributed by atoms with Crippen LogP contribution in [0.3, 0.4) is 0 Å². The van der Waals surface area contributed by atoms with Crippen LogP contribution in [-0.2, 0) is 15.9 Å². The zero-order chi connectivity index (χ0) is 28.3. The minimum absolute atomic E-state index is 0.245. The van der Waals surface area contributed by atoms with Crippen LogP contribution < -0.4 is 27.2 Å². The van der Waals surface area contributed by atoms with Gasteiger partial charge in [-0.1, -0.05) is 24.3 Å². The van der Waals surface area contributed by atoms with E-state index in [9.17, 15) is 10.2 Å². The van der Waals surface area contributed by atoms with Crippen LogP contribution in [0.25, 0.3) is 11.2 Å². The van der Waals surface area contributed by atoms with Crippen LogP contribution in [0.2, 0.25) is 0 Å². The molecule has 0 bridgehead atoms. The number of aliphatic hydroxyl groups excluding tert-OH is 2. The quantitative estimate of drug-likeness (QED) is 0.0445. The minimum atomic E-state index is -1.12. The zero-order valence-electron chi connectivity index (χ0n) is 22.6. The number of hydrogen-bond donors (Lipinski definition) is 7. The first-order valence-corrected chi connectivity index (χ1v) is 13.3. The van der Waals surface area contributed by atoms with E-state index in [-0.39, 0.29) is 5.82 Å². The number of nitrogens with zero attached hydrogens (tertiary/aromatic N) is 5. The third-order valence-corrected chi connectivity index (χ3v) is 6.72. The number of anilines is 1. The van der Waals surface area contributed by atoms with Gasteiger partial charge < -0.3 is 41.9 Å². The highest BCUT2D eigenvalue weighted by molar-refractivity contribution is 6.36. The van der Waals surface area contributed by atoms with E-state index in [0.717, 1.165) is 38.0 Å². The Morgan fingerprint density at radius 1 is 1.15 bits per heavy atom. The van der Waals surface area contributed by atoms with Crippen LogP contribution >= 0.6 is 0 Å². The summed E-state index contributed by atoms with van der Waals surface area (Å²) >= 11 is 0. The van der Waals surface area contributed by atoms with Crippen molar-refractivity contribution < 1.29 is 24.7 Å². The summed E-state index contributed by atoms with van der Waals surface area (Å²) < 4.78 is 12.5. The molecule has 3 heterocycles. The van der Waals surface area contributed by atoms with Crippen LogP contribution in [0.5, 0.6) is 0 Å². The highest BCUT2D eigenvalue weighted by Gasteiger charge is 2.44. The smallest absolute Gasteiger partial charge is 0.190 e. The number of aromatic nitrogens is 4. The Bertz CT molecular complexity index is 1270. The second-order valence-electron chi connectivity index (χ2n) is 9.49. The van der Waals surface area contributed by atoms with Gasteiger partial charge in [0, 0.05) is 19.2 Å². The molecule has 4 rings (SSSR count). The number of rotatable bonds is 15. The van der Waals surface area contributed by atoms with Crippen LogP contribution in [0.4, 0.5) is 5.82 Å². The number of nitrogen functional groups attached to an aromatic ring is 1. The Morgan fingerprint density at radius 2 is 1.95 bits per heavy atom. The predicted octanol–water partition coefficient (Wildman–Crippen LogP) is -2.70. The second kappa shape index (κ2) is 14.7. The summed E-state index contributed by atoms with van der Waals surface area (Å²) in [5, 5.41) is 31.7. The number of nitrogens with two attached hydrogens (primary N) is 2. The average molecular weight is 556 g/mol. The van der Waals surface area contributed by atoms with Crippen LogP contribution in [0, 0.1) is 0 Å². The van der Waals surface area contributed by atoms with Crippen molar-refractivity contribution in [2.24, 2.45) is 10.9 Å². The molecular weight excluding hydrogens is 516 g/mol. The van der Waals surface area contributed by atoms with Crippen molar-refractivity contribution in [1.82, 2.24) is 30.2 Å². The normalized spacial score (nSPS) is 21.6. The fourth-order valence-corrected chi connectivity index (χ4v) is 4.49. The summed E-state index contributed by atoms with van der Waals surface area (Å²) in [4.78, 5) is 15.4. The van der Waals surface area contributed by atoms with Crippen molar-refractivity contribution in [2.45, 2.75) is 37.4 Å². The molecule has 0 amide bonds. The van der Waals surface area contributed by atoms with E-state index in [1.807, 2.05) is 12.1 Å². The molecule has 4 atom stereocenters. The Kier molecular flexibility index (Phi) is 10.9. The van der Waals surface area contributed by atoms with E-state index in [2.05, 4.69) is 47.8 Å². The van der Waals surface area contributed by atoms with Crippen LogP contribution in [-0.4, -0.2) is 106 Å². The number of methoxy groups -OCH3 is 1. The topological polar surface area (TPSA) is 205 Å². The maximum absolute atomic E-state index is 10.6. The number of hydrogen-bond acceptors (Lipinski definition) is 12. The lowest BCUT2D eigenvalue weighted by Gasteiger charge is -2.16. The lowest BCUT2D eigenvalue weighted by atomic mass is 10.1. The Morgan fingerprint density at radius 3 is 2.73 bits per heavy atom. The predicted molar refractivity (Wildman–Crippen MR) is 151 cm³/mol. The number of ether oxygens (including phenoxy) is 2. The van der Waals surface area contributed by atoms with Gasteiger partial charge in [0.2, 0.25) is 0 Å². The van der Waals surface area contributed by atoms with Crippen molar-refractivity contribution in [3.63, 3.8) is 0 Å². The first kappa shape index (κ1) is 29.5. The third-order valence-electron chi connectivity index (χ3n) is 6.72. The van der Waals surface area contributed by atoms with Gasteiger partial charge in [0.05, 0.1) is 6.33 Å². The van der Waals surface area contributed by atoms with E-state index < -0.39 is 24.5 Å². The van der Waals surface area contributed by atoms with Gasteiger partial charge in [-0.05, 0) is 38.0 Å².